The number of anilines is 3. The Balaban J connectivity index is 1.65. The van der Waals surface area contributed by atoms with Gasteiger partial charge in [0.25, 0.3) is 0 Å². The summed E-state index contributed by atoms with van der Waals surface area (Å²) in [4.78, 5) is 0. The maximum atomic E-state index is 9.09. The van der Waals surface area contributed by atoms with Crippen molar-refractivity contribution in [3.63, 3.8) is 0 Å². The smallest absolute Gasteiger partial charge is 0.181 e. The lowest BCUT2D eigenvalue weighted by molar-refractivity contribution is 0.870. The number of nitrogens with two attached hydrogens (primary N) is 1. The second-order valence-corrected chi connectivity index (χ2v) is 6.99. The molecule has 6 heteroatoms. The minimum atomic E-state index is 0.559. The van der Waals surface area contributed by atoms with Gasteiger partial charge in [0.05, 0.1) is 28.7 Å². The molecule has 1 aliphatic rings. The zero-order chi connectivity index (χ0) is 20.5. The van der Waals surface area contributed by atoms with Crippen LogP contribution in [0.5, 0.6) is 0 Å². The lowest BCUT2D eigenvalue weighted by atomic mass is 10.0. The van der Waals surface area contributed by atoms with E-state index in [4.69, 9.17) is 21.2 Å². The number of nitrogen functional groups attached to an aromatic ring is 1. The average Bonchev–Trinajstić information content (AvgIpc) is 3.16. The van der Waals surface area contributed by atoms with E-state index >= 15 is 0 Å². The number of hydrogen-bond donors (Lipinski definition) is 1. The number of hydrogen-bond acceptors (Lipinski definition) is 5. The molecule has 0 amide bonds. The number of benzene rings is 3. The van der Waals surface area contributed by atoms with Crippen molar-refractivity contribution < 1.29 is 0 Å². The predicted molar refractivity (Wildman–Crippen MR) is 118 cm³/mol. The molecule has 30 heavy (non-hydrogen) atoms. The molecule has 0 unspecified atom stereocenters. The summed E-state index contributed by atoms with van der Waals surface area (Å²) in [6.45, 7) is 0. The third kappa shape index (κ3) is 2.99. The minimum absolute atomic E-state index is 0.559. The van der Waals surface area contributed by atoms with Gasteiger partial charge in [0, 0.05) is 12.0 Å². The summed E-state index contributed by atoms with van der Waals surface area (Å²) < 4.78 is 1.76. The predicted octanol–water partition coefficient (Wildman–Crippen LogP) is 4.42. The Hall–Kier alpha value is -4.37. The molecule has 0 bridgehead atoms. The van der Waals surface area contributed by atoms with E-state index < -0.39 is 0 Å². The number of nitrogens with zero attached hydrogens (tertiary/aromatic N) is 5. The quantitative estimate of drug-likeness (QED) is 0.561. The van der Waals surface area contributed by atoms with Crippen molar-refractivity contribution in [3.8, 4) is 11.8 Å². The van der Waals surface area contributed by atoms with Crippen LogP contribution >= 0.6 is 0 Å². The third-order valence-corrected chi connectivity index (χ3v) is 5.12. The van der Waals surface area contributed by atoms with Crippen LogP contribution in [0.3, 0.4) is 0 Å². The molecule has 0 aliphatic carbocycles. The van der Waals surface area contributed by atoms with Gasteiger partial charge in [0.1, 0.15) is 5.82 Å². The first-order chi connectivity index (χ1) is 14.7. The fraction of sp³-hybridized carbons (Fsp3) is 0.0417. The van der Waals surface area contributed by atoms with Crippen LogP contribution in [-0.2, 0) is 6.42 Å². The molecule has 0 atom stereocenters. The van der Waals surface area contributed by atoms with Crippen LogP contribution in [0.2, 0.25) is 0 Å². The number of aromatic nitrogens is 2. The van der Waals surface area contributed by atoms with Crippen LogP contribution in [-0.4, -0.2) is 15.5 Å². The van der Waals surface area contributed by atoms with Crippen molar-refractivity contribution >= 4 is 23.0 Å². The number of hydrazone groups is 1. The molecule has 0 saturated heterocycles. The Bertz CT molecular complexity index is 1270. The molecule has 144 valence electrons. The Morgan fingerprint density at radius 2 is 1.47 bits per heavy atom. The van der Waals surface area contributed by atoms with Crippen molar-refractivity contribution in [2.24, 2.45) is 5.10 Å². The fourth-order valence-corrected chi connectivity index (χ4v) is 3.57. The Morgan fingerprint density at radius 1 is 0.833 bits per heavy atom. The van der Waals surface area contributed by atoms with Crippen LogP contribution < -0.4 is 10.7 Å². The fourth-order valence-electron chi connectivity index (χ4n) is 3.57. The Labute approximate surface area is 174 Å². The summed E-state index contributed by atoms with van der Waals surface area (Å²) in [6.07, 6.45) is 0.559. The topological polar surface area (TPSA) is 83.2 Å². The molecular weight excluding hydrogens is 372 g/mol. The highest BCUT2D eigenvalue weighted by Gasteiger charge is 2.28. The van der Waals surface area contributed by atoms with E-state index in [1.54, 1.807) is 16.8 Å². The van der Waals surface area contributed by atoms with Crippen molar-refractivity contribution in [1.29, 1.82) is 5.26 Å². The number of nitriles is 1. The zero-order valence-corrected chi connectivity index (χ0v) is 16.1. The number of para-hydroxylation sites is 2. The maximum absolute atomic E-state index is 9.09. The lowest BCUT2D eigenvalue weighted by Crippen LogP contribution is -2.22. The number of rotatable bonds is 3. The van der Waals surface area contributed by atoms with Gasteiger partial charge in [-0.2, -0.15) is 10.4 Å². The van der Waals surface area contributed by atoms with E-state index in [1.807, 2.05) is 77.8 Å². The van der Waals surface area contributed by atoms with E-state index in [9.17, 15) is 0 Å². The molecule has 6 nitrogen and oxygen atoms in total. The van der Waals surface area contributed by atoms with E-state index in [-0.39, 0.29) is 0 Å². The van der Waals surface area contributed by atoms with Crippen molar-refractivity contribution in [2.45, 2.75) is 6.42 Å². The normalized spacial score (nSPS) is 12.8. The first-order valence-electron chi connectivity index (χ1n) is 9.60. The van der Waals surface area contributed by atoms with Gasteiger partial charge in [-0.1, -0.05) is 48.5 Å². The Morgan fingerprint density at radius 3 is 2.10 bits per heavy atom. The van der Waals surface area contributed by atoms with Gasteiger partial charge in [0.15, 0.2) is 5.82 Å². The SMILES string of the molecule is N#Cc1ccc(C2=NN(c3ccccc3)c3nn(-c4ccccc4)c(N)c3C2)cc1. The summed E-state index contributed by atoms with van der Waals surface area (Å²) in [5.74, 6) is 1.32. The van der Waals surface area contributed by atoms with Crippen molar-refractivity contribution in [3.05, 3.63) is 102 Å². The van der Waals surface area contributed by atoms with Crippen molar-refractivity contribution in [1.82, 2.24) is 9.78 Å². The van der Waals surface area contributed by atoms with E-state index in [0.717, 1.165) is 34.0 Å². The third-order valence-electron chi connectivity index (χ3n) is 5.12. The molecule has 0 radical (unpaired) electrons. The lowest BCUT2D eigenvalue weighted by Gasteiger charge is -2.24. The molecule has 2 heterocycles. The van der Waals surface area contributed by atoms with Gasteiger partial charge in [-0.15, -0.1) is 5.10 Å². The van der Waals surface area contributed by atoms with Gasteiger partial charge in [-0.25, -0.2) is 9.69 Å². The molecule has 0 fully saturated rings. The van der Waals surface area contributed by atoms with Crippen molar-refractivity contribution in [2.75, 3.05) is 10.7 Å². The second kappa shape index (κ2) is 7.22. The summed E-state index contributed by atoms with van der Waals surface area (Å²) in [5, 5.41) is 20.6. The minimum Gasteiger partial charge on any atom is -0.383 e. The van der Waals surface area contributed by atoms with Crippen LogP contribution in [0, 0.1) is 11.3 Å². The summed E-state index contributed by atoms with van der Waals surface area (Å²) in [5.41, 5.74) is 11.7. The summed E-state index contributed by atoms with van der Waals surface area (Å²) in [6, 6.07) is 29.3. The van der Waals surface area contributed by atoms with Crippen LogP contribution in [0.1, 0.15) is 16.7 Å². The second-order valence-electron chi connectivity index (χ2n) is 6.99. The summed E-state index contributed by atoms with van der Waals surface area (Å²) in [7, 11) is 0. The molecule has 4 aromatic rings. The molecule has 3 aromatic carbocycles. The van der Waals surface area contributed by atoms with Gasteiger partial charge < -0.3 is 5.73 Å². The highest BCUT2D eigenvalue weighted by Crippen LogP contribution is 2.37. The Kier molecular flexibility index (Phi) is 4.26. The maximum Gasteiger partial charge on any atom is 0.181 e. The van der Waals surface area contributed by atoms with Crippen LogP contribution in [0.25, 0.3) is 5.69 Å². The van der Waals surface area contributed by atoms with Crippen LogP contribution in [0.15, 0.2) is 90.0 Å². The first kappa shape index (κ1) is 17.7. The molecule has 0 spiro atoms. The van der Waals surface area contributed by atoms with Gasteiger partial charge in [-0.05, 0) is 42.0 Å². The van der Waals surface area contributed by atoms with Crippen LogP contribution in [0.4, 0.5) is 17.3 Å². The molecular formula is C24H18N6. The summed E-state index contributed by atoms with van der Waals surface area (Å²) >= 11 is 0. The van der Waals surface area contributed by atoms with Gasteiger partial charge in [0.2, 0.25) is 0 Å². The highest BCUT2D eigenvalue weighted by molar-refractivity contribution is 6.05. The van der Waals surface area contributed by atoms with Gasteiger partial charge >= 0.3 is 0 Å². The van der Waals surface area contributed by atoms with Gasteiger partial charge in [-0.3, -0.25) is 0 Å². The van der Waals surface area contributed by atoms with E-state index in [0.29, 0.717) is 17.8 Å². The monoisotopic (exact) mass is 390 g/mol. The molecule has 1 aliphatic heterocycles. The molecule has 0 saturated carbocycles. The molecule has 5 rings (SSSR count). The van der Waals surface area contributed by atoms with E-state index in [2.05, 4.69) is 6.07 Å². The molecule has 2 N–H and O–H groups in total. The highest BCUT2D eigenvalue weighted by atomic mass is 15.5. The first-order valence-corrected chi connectivity index (χ1v) is 9.60. The zero-order valence-electron chi connectivity index (χ0n) is 16.1. The standard InChI is InChI=1S/C24H18N6/c25-16-17-11-13-18(14-12-17)22-15-21-23(26)29(19-7-3-1-4-8-19)28-24(21)30(27-22)20-9-5-2-6-10-20/h1-14H,15,26H2. The largest absolute Gasteiger partial charge is 0.383 e. The number of fused-ring (bicyclic) bond motifs is 1. The molecule has 1 aromatic heterocycles. The average molecular weight is 390 g/mol. The van der Waals surface area contributed by atoms with E-state index in [1.165, 1.54) is 0 Å².